The van der Waals surface area contributed by atoms with E-state index in [1.165, 1.54) is 22.5 Å². The van der Waals surface area contributed by atoms with Crippen LogP contribution in [0.4, 0.5) is 5.13 Å². The maximum atomic E-state index is 12.9. The van der Waals surface area contributed by atoms with Crippen molar-refractivity contribution in [1.29, 1.82) is 0 Å². The summed E-state index contributed by atoms with van der Waals surface area (Å²) in [6.07, 6.45) is 2.31. The molecular weight excluding hydrogens is 522 g/mol. The van der Waals surface area contributed by atoms with Gasteiger partial charge in [-0.1, -0.05) is 13.0 Å². The van der Waals surface area contributed by atoms with Gasteiger partial charge < -0.3 is 29.0 Å². The monoisotopic (exact) mass is 553 g/mol. The molecule has 0 unspecified atom stereocenters. The molecule has 1 fully saturated rings. The molecule has 0 spiro atoms. The molecule has 5 rings (SSSR count). The highest BCUT2D eigenvalue weighted by Gasteiger charge is 2.24. The van der Waals surface area contributed by atoms with Gasteiger partial charge in [-0.2, -0.15) is 0 Å². The number of nitrogens with one attached hydrogen (secondary N) is 1. The zero-order valence-corrected chi connectivity index (χ0v) is 22.6. The molecule has 0 saturated carbocycles. The topological polar surface area (TPSA) is 117 Å². The second-order valence-electron chi connectivity index (χ2n) is 9.42. The standard InChI is InChI=1S/C27H31N5O6S/c1-2-7-32(26(35)22-4-3-12-36-22)16-24(33)29-27-28-20(17-39-27)14-25(34)31-10-8-30(9-11-31)15-19-5-6-21-23(13-19)38-18-37-21/h3-6,12-13,17H,2,7-11,14-16,18H2,1H3,(H,28,29,33). The van der Waals surface area contributed by atoms with Crippen LogP contribution < -0.4 is 14.8 Å². The molecule has 4 heterocycles. The van der Waals surface area contributed by atoms with Crippen LogP contribution in [0.15, 0.2) is 46.4 Å². The molecule has 11 nitrogen and oxygen atoms in total. The number of hydrogen-bond donors (Lipinski definition) is 1. The van der Waals surface area contributed by atoms with Gasteiger partial charge in [-0.25, -0.2) is 4.98 Å². The fourth-order valence-electron chi connectivity index (χ4n) is 4.58. The highest BCUT2D eigenvalue weighted by molar-refractivity contribution is 7.13. The Balaban J connectivity index is 1.07. The number of fused-ring (bicyclic) bond motifs is 1. The van der Waals surface area contributed by atoms with E-state index in [4.69, 9.17) is 13.9 Å². The molecule has 0 radical (unpaired) electrons. The van der Waals surface area contributed by atoms with E-state index in [2.05, 4.69) is 15.2 Å². The van der Waals surface area contributed by atoms with Crippen LogP contribution in [-0.4, -0.2) is 83.5 Å². The molecule has 2 aromatic heterocycles. The lowest BCUT2D eigenvalue weighted by atomic mass is 10.1. The Bertz CT molecular complexity index is 1300. The summed E-state index contributed by atoms with van der Waals surface area (Å²) in [5, 5.41) is 4.92. The van der Waals surface area contributed by atoms with Crippen molar-refractivity contribution in [2.75, 3.05) is 51.4 Å². The van der Waals surface area contributed by atoms with Crippen LogP contribution in [0.2, 0.25) is 0 Å². The number of carbonyl (C=O) groups is 3. The zero-order valence-electron chi connectivity index (χ0n) is 21.8. The number of aromatic nitrogens is 1. The SMILES string of the molecule is CCCN(CC(=O)Nc1nc(CC(=O)N2CCN(Cc3ccc4c(c3)OCO4)CC2)cs1)C(=O)c1ccco1. The van der Waals surface area contributed by atoms with Crippen molar-refractivity contribution >= 4 is 34.2 Å². The Morgan fingerprint density at radius 2 is 1.92 bits per heavy atom. The molecule has 3 amide bonds. The predicted molar refractivity (Wildman–Crippen MR) is 144 cm³/mol. The lowest BCUT2D eigenvalue weighted by molar-refractivity contribution is -0.132. The molecule has 2 aliphatic rings. The van der Waals surface area contributed by atoms with Gasteiger partial charge in [-0.3, -0.25) is 19.3 Å². The second-order valence-corrected chi connectivity index (χ2v) is 10.3. The normalized spacial score (nSPS) is 14.8. The van der Waals surface area contributed by atoms with Gasteiger partial charge >= 0.3 is 0 Å². The van der Waals surface area contributed by atoms with Gasteiger partial charge in [0.1, 0.15) is 6.54 Å². The number of furan rings is 1. The van der Waals surface area contributed by atoms with Crippen molar-refractivity contribution in [3.63, 3.8) is 0 Å². The second kappa shape index (κ2) is 12.3. The van der Waals surface area contributed by atoms with Crippen LogP contribution in [0, 0.1) is 0 Å². The first-order chi connectivity index (χ1) is 19.0. The fourth-order valence-corrected chi connectivity index (χ4v) is 5.30. The smallest absolute Gasteiger partial charge is 0.290 e. The third kappa shape index (κ3) is 6.76. The molecule has 39 heavy (non-hydrogen) atoms. The molecule has 12 heteroatoms. The average Bonchev–Trinajstić information content (AvgIpc) is 3.71. The largest absolute Gasteiger partial charge is 0.459 e. The van der Waals surface area contributed by atoms with Crippen LogP contribution in [0.1, 0.15) is 35.2 Å². The number of rotatable bonds is 10. The van der Waals surface area contributed by atoms with Gasteiger partial charge in [0.15, 0.2) is 22.4 Å². The van der Waals surface area contributed by atoms with Gasteiger partial charge in [-0.05, 0) is 36.2 Å². The summed E-state index contributed by atoms with van der Waals surface area (Å²) < 4.78 is 16.0. The Kier molecular flexibility index (Phi) is 8.42. The molecule has 0 bridgehead atoms. The summed E-state index contributed by atoms with van der Waals surface area (Å²) in [4.78, 5) is 48.1. The first kappa shape index (κ1) is 26.7. The van der Waals surface area contributed by atoms with Crippen LogP contribution >= 0.6 is 11.3 Å². The van der Waals surface area contributed by atoms with Gasteiger partial charge in [0.05, 0.1) is 18.4 Å². The summed E-state index contributed by atoms with van der Waals surface area (Å²) >= 11 is 1.26. The van der Waals surface area contributed by atoms with Gasteiger partial charge in [-0.15, -0.1) is 11.3 Å². The summed E-state index contributed by atoms with van der Waals surface area (Å²) in [5.74, 6) is 1.07. The number of carbonyl (C=O) groups excluding carboxylic acids is 3. The molecule has 1 N–H and O–H groups in total. The van der Waals surface area contributed by atoms with Crippen molar-refractivity contribution in [2.24, 2.45) is 0 Å². The van der Waals surface area contributed by atoms with E-state index in [1.54, 1.807) is 17.5 Å². The molecule has 0 aliphatic carbocycles. The number of nitrogens with zero attached hydrogens (tertiary/aromatic N) is 4. The Morgan fingerprint density at radius 3 is 2.69 bits per heavy atom. The van der Waals surface area contributed by atoms with E-state index < -0.39 is 0 Å². The van der Waals surface area contributed by atoms with Crippen molar-refractivity contribution < 1.29 is 28.3 Å². The molecule has 3 aromatic rings. The number of ether oxygens (including phenoxy) is 2. The Labute approximate surface area is 230 Å². The molecule has 2 aliphatic heterocycles. The van der Waals surface area contributed by atoms with Gasteiger partial charge in [0.2, 0.25) is 18.6 Å². The minimum Gasteiger partial charge on any atom is -0.459 e. The number of anilines is 1. The Hall–Kier alpha value is -3.90. The third-order valence-corrected chi connectivity index (χ3v) is 7.35. The minimum atomic E-state index is -0.353. The van der Waals surface area contributed by atoms with E-state index in [1.807, 2.05) is 30.0 Å². The van der Waals surface area contributed by atoms with Crippen molar-refractivity contribution in [2.45, 2.75) is 26.3 Å². The summed E-state index contributed by atoms with van der Waals surface area (Å²) in [7, 11) is 0. The van der Waals surface area contributed by atoms with Crippen molar-refractivity contribution in [3.05, 3.63) is 59.0 Å². The van der Waals surface area contributed by atoms with E-state index in [9.17, 15) is 14.4 Å². The third-order valence-electron chi connectivity index (χ3n) is 6.55. The summed E-state index contributed by atoms with van der Waals surface area (Å²) in [6, 6.07) is 9.20. The van der Waals surface area contributed by atoms with Crippen molar-refractivity contribution in [1.82, 2.24) is 19.7 Å². The van der Waals surface area contributed by atoms with E-state index in [0.29, 0.717) is 36.9 Å². The van der Waals surface area contributed by atoms with Crippen LogP contribution in [0.3, 0.4) is 0 Å². The van der Waals surface area contributed by atoms with Crippen LogP contribution in [0.5, 0.6) is 11.5 Å². The number of amides is 3. The highest BCUT2D eigenvalue weighted by atomic mass is 32.1. The number of piperazine rings is 1. The molecular formula is C27H31N5O6S. The maximum absolute atomic E-state index is 12.9. The molecule has 206 valence electrons. The van der Waals surface area contributed by atoms with E-state index >= 15 is 0 Å². The summed E-state index contributed by atoms with van der Waals surface area (Å²) in [6.45, 7) is 6.15. The molecule has 1 aromatic carbocycles. The lowest BCUT2D eigenvalue weighted by Crippen LogP contribution is -2.48. The van der Waals surface area contributed by atoms with Crippen LogP contribution in [-0.2, 0) is 22.6 Å². The lowest BCUT2D eigenvalue weighted by Gasteiger charge is -2.34. The first-order valence-corrected chi connectivity index (χ1v) is 13.8. The van der Waals surface area contributed by atoms with Gasteiger partial charge in [0.25, 0.3) is 5.91 Å². The highest BCUT2D eigenvalue weighted by Crippen LogP contribution is 2.32. The van der Waals surface area contributed by atoms with Crippen molar-refractivity contribution in [3.8, 4) is 11.5 Å². The van der Waals surface area contributed by atoms with Gasteiger partial charge in [0, 0.05) is 44.6 Å². The zero-order chi connectivity index (χ0) is 27.2. The molecule has 0 atom stereocenters. The predicted octanol–water partition coefficient (Wildman–Crippen LogP) is 2.84. The van der Waals surface area contributed by atoms with Crippen LogP contribution in [0.25, 0.3) is 0 Å². The minimum absolute atomic E-state index is 0.0130. The average molecular weight is 554 g/mol. The number of thiazole rings is 1. The van der Waals surface area contributed by atoms with E-state index in [-0.39, 0.29) is 43.2 Å². The Morgan fingerprint density at radius 1 is 1.10 bits per heavy atom. The maximum Gasteiger partial charge on any atom is 0.290 e. The fraction of sp³-hybridized carbons (Fsp3) is 0.407. The van der Waals surface area contributed by atoms with E-state index in [0.717, 1.165) is 36.7 Å². The first-order valence-electron chi connectivity index (χ1n) is 12.9. The quantitative estimate of drug-likeness (QED) is 0.407. The summed E-state index contributed by atoms with van der Waals surface area (Å²) in [5.41, 5.74) is 1.76. The number of hydrogen-bond acceptors (Lipinski definition) is 9. The molecule has 1 saturated heterocycles. The number of benzene rings is 1.